The van der Waals surface area contributed by atoms with Crippen LogP contribution < -0.4 is 15.2 Å². The monoisotopic (exact) mass is 499 g/mol. The zero-order chi connectivity index (χ0) is 26.1. The van der Waals surface area contributed by atoms with Gasteiger partial charge >= 0.3 is 0 Å². The predicted octanol–water partition coefficient (Wildman–Crippen LogP) is 2.71. The van der Waals surface area contributed by atoms with E-state index in [1.807, 2.05) is 60.7 Å². The molecule has 2 aliphatic heterocycles. The number of hydrogen-bond donors (Lipinski definition) is 1. The van der Waals surface area contributed by atoms with E-state index >= 15 is 0 Å². The van der Waals surface area contributed by atoms with Crippen molar-refractivity contribution in [3.8, 4) is 11.5 Å². The number of carbonyl (C=O) groups is 3. The van der Waals surface area contributed by atoms with Crippen molar-refractivity contribution in [1.82, 2.24) is 9.80 Å². The second-order valence-corrected chi connectivity index (χ2v) is 9.36. The van der Waals surface area contributed by atoms with Gasteiger partial charge in [-0.15, -0.1) is 0 Å². The lowest BCUT2D eigenvalue weighted by atomic mass is 9.91. The van der Waals surface area contributed by atoms with Crippen LogP contribution in [0.1, 0.15) is 32.6 Å². The van der Waals surface area contributed by atoms with E-state index in [2.05, 4.69) is 0 Å². The molecular formula is C29H29N3O5. The lowest BCUT2D eigenvalue weighted by molar-refractivity contribution is -0.144. The number of carbonyl (C=O) groups excluding carboxylic acids is 3. The average molecular weight is 500 g/mol. The molecule has 0 aromatic heterocycles. The van der Waals surface area contributed by atoms with Gasteiger partial charge < -0.3 is 25.0 Å². The molecule has 0 radical (unpaired) electrons. The molecule has 3 amide bonds. The minimum atomic E-state index is -0.851. The van der Waals surface area contributed by atoms with Gasteiger partial charge in [-0.2, -0.15) is 0 Å². The fourth-order valence-electron chi connectivity index (χ4n) is 5.29. The molecule has 2 atom stereocenters. The molecular weight excluding hydrogens is 470 g/mol. The summed E-state index contributed by atoms with van der Waals surface area (Å²) in [6, 6.07) is 19.0. The van der Waals surface area contributed by atoms with Crippen molar-refractivity contribution >= 4 is 17.7 Å². The van der Waals surface area contributed by atoms with Gasteiger partial charge in [0.05, 0.1) is 14.2 Å². The Kier molecular flexibility index (Phi) is 6.56. The third kappa shape index (κ3) is 4.50. The Morgan fingerprint density at radius 2 is 1.57 bits per heavy atom. The number of amides is 3. The zero-order valence-electron chi connectivity index (χ0n) is 20.8. The van der Waals surface area contributed by atoms with E-state index in [-0.39, 0.29) is 24.8 Å². The van der Waals surface area contributed by atoms with Crippen LogP contribution in [0.25, 0.3) is 0 Å². The summed E-state index contributed by atoms with van der Waals surface area (Å²) in [4.78, 5) is 43.4. The smallest absolute Gasteiger partial charge is 0.255 e. The highest BCUT2D eigenvalue weighted by Crippen LogP contribution is 2.36. The first-order valence-electron chi connectivity index (χ1n) is 12.2. The SMILES string of the molecule is COc1cc2c(cc1OC)CN(C(=O)[C@H](Cc1ccccc1)N1Cc3ccccc3C1=O)[C@H](C(N)=O)C2. The van der Waals surface area contributed by atoms with Crippen molar-refractivity contribution in [2.75, 3.05) is 14.2 Å². The number of fused-ring (bicyclic) bond motifs is 2. The zero-order valence-corrected chi connectivity index (χ0v) is 20.8. The Morgan fingerprint density at radius 3 is 2.22 bits per heavy atom. The summed E-state index contributed by atoms with van der Waals surface area (Å²) in [5.74, 6) is -0.00865. The molecule has 0 spiro atoms. The number of primary amides is 1. The Balaban J connectivity index is 1.52. The van der Waals surface area contributed by atoms with Crippen molar-refractivity contribution in [1.29, 1.82) is 0 Å². The molecule has 8 heteroatoms. The van der Waals surface area contributed by atoms with Gasteiger partial charge in [0.1, 0.15) is 12.1 Å². The van der Waals surface area contributed by atoms with Gasteiger partial charge in [0, 0.05) is 31.5 Å². The molecule has 0 saturated heterocycles. The molecule has 37 heavy (non-hydrogen) atoms. The molecule has 2 N–H and O–H groups in total. The summed E-state index contributed by atoms with van der Waals surface area (Å²) >= 11 is 0. The maximum absolute atomic E-state index is 14.3. The van der Waals surface area contributed by atoms with Crippen LogP contribution in [0.3, 0.4) is 0 Å². The largest absolute Gasteiger partial charge is 0.493 e. The predicted molar refractivity (Wildman–Crippen MR) is 137 cm³/mol. The molecule has 0 aliphatic carbocycles. The van der Waals surface area contributed by atoms with Crippen LogP contribution in [0, 0.1) is 0 Å². The van der Waals surface area contributed by atoms with Crippen molar-refractivity contribution in [2.45, 2.75) is 38.0 Å². The van der Waals surface area contributed by atoms with Crippen LogP contribution in [0.15, 0.2) is 66.7 Å². The third-order valence-electron chi connectivity index (χ3n) is 7.23. The fourth-order valence-corrected chi connectivity index (χ4v) is 5.29. The highest BCUT2D eigenvalue weighted by Gasteiger charge is 2.42. The van der Waals surface area contributed by atoms with Crippen molar-refractivity contribution in [3.05, 3.63) is 94.5 Å². The minimum absolute atomic E-state index is 0.169. The van der Waals surface area contributed by atoms with Gasteiger partial charge in [-0.25, -0.2) is 0 Å². The number of rotatable bonds is 7. The highest BCUT2D eigenvalue weighted by molar-refractivity contribution is 6.01. The summed E-state index contributed by atoms with van der Waals surface area (Å²) in [7, 11) is 3.10. The number of nitrogens with two attached hydrogens (primary N) is 1. The normalized spacial score (nSPS) is 17.1. The van der Waals surface area contributed by atoms with Gasteiger partial charge in [0.2, 0.25) is 11.8 Å². The second-order valence-electron chi connectivity index (χ2n) is 9.36. The molecule has 0 bridgehead atoms. The Bertz CT molecular complexity index is 1360. The average Bonchev–Trinajstić information content (AvgIpc) is 3.26. The molecule has 5 rings (SSSR count). The number of benzene rings is 3. The Morgan fingerprint density at radius 1 is 0.919 bits per heavy atom. The molecule has 8 nitrogen and oxygen atoms in total. The van der Waals surface area contributed by atoms with Crippen molar-refractivity contribution in [2.24, 2.45) is 5.73 Å². The van der Waals surface area contributed by atoms with Gasteiger partial charge in [-0.1, -0.05) is 48.5 Å². The first-order chi connectivity index (χ1) is 17.9. The molecule has 0 unspecified atom stereocenters. The van der Waals surface area contributed by atoms with Crippen LogP contribution in [-0.2, 0) is 35.5 Å². The van der Waals surface area contributed by atoms with Crippen LogP contribution in [0.4, 0.5) is 0 Å². The first-order valence-corrected chi connectivity index (χ1v) is 12.2. The van der Waals surface area contributed by atoms with Crippen LogP contribution in [0.5, 0.6) is 11.5 Å². The number of hydrogen-bond acceptors (Lipinski definition) is 5. The highest BCUT2D eigenvalue weighted by atomic mass is 16.5. The number of nitrogens with zero attached hydrogens (tertiary/aromatic N) is 2. The maximum atomic E-state index is 14.3. The molecule has 2 heterocycles. The van der Waals surface area contributed by atoms with E-state index in [0.29, 0.717) is 30.0 Å². The molecule has 190 valence electrons. The first kappa shape index (κ1) is 24.4. The van der Waals surface area contributed by atoms with E-state index in [4.69, 9.17) is 15.2 Å². The quantitative estimate of drug-likeness (QED) is 0.539. The van der Waals surface area contributed by atoms with Gasteiger partial charge in [-0.05, 0) is 40.5 Å². The topological polar surface area (TPSA) is 102 Å². The molecule has 0 saturated carbocycles. The Labute approximate surface area is 215 Å². The third-order valence-corrected chi connectivity index (χ3v) is 7.23. The standard InChI is InChI=1S/C29H29N3O5/c1-36-25-14-20-13-23(27(30)33)31(17-21(20)15-26(25)37-2)29(35)24(12-18-8-4-3-5-9-18)32-16-19-10-6-7-11-22(19)28(32)34/h3-11,14-15,23-24H,12-13,16-17H2,1-2H3,(H2,30,33)/t23-,24-/m0/s1. The summed E-state index contributed by atoms with van der Waals surface area (Å²) < 4.78 is 10.9. The van der Waals surface area contributed by atoms with Crippen LogP contribution >= 0.6 is 0 Å². The van der Waals surface area contributed by atoms with Crippen LogP contribution in [0.2, 0.25) is 0 Å². The van der Waals surface area contributed by atoms with Gasteiger partial charge in [0.25, 0.3) is 5.91 Å². The summed E-state index contributed by atoms with van der Waals surface area (Å²) in [5, 5.41) is 0. The van der Waals surface area contributed by atoms with E-state index in [1.54, 1.807) is 25.2 Å². The molecule has 0 fully saturated rings. The van der Waals surface area contributed by atoms with Gasteiger partial charge in [-0.3, -0.25) is 14.4 Å². The molecule has 3 aromatic carbocycles. The summed E-state index contributed by atoms with van der Waals surface area (Å²) in [6.07, 6.45) is 0.573. The second kappa shape index (κ2) is 9.97. The number of methoxy groups -OCH3 is 2. The molecule has 3 aromatic rings. The van der Waals surface area contributed by atoms with E-state index in [1.165, 1.54) is 4.90 Å². The van der Waals surface area contributed by atoms with E-state index in [9.17, 15) is 14.4 Å². The van der Waals surface area contributed by atoms with Crippen molar-refractivity contribution < 1.29 is 23.9 Å². The van der Waals surface area contributed by atoms with Crippen molar-refractivity contribution in [3.63, 3.8) is 0 Å². The molecule has 2 aliphatic rings. The summed E-state index contributed by atoms with van der Waals surface area (Å²) in [5.41, 5.74) is 9.93. The van der Waals surface area contributed by atoms with E-state index < -0.39 is 18.0 Å². The maximum Gasteiger partial charge on any atom is 0.255 e. The Hall–Kier alpha value is -4.33. The van der Waals surface area contributed by atoms with Gasteiger partial charge in [0.15, 0.2) is 11.5 Å². The summed E-state index contributed by atoms with van der Waals surface area (Å²) in [6.45, 7) is 0.497. The lowest BCUT2D eigenvalue weighted by Gasteiger charge is -2.39. The van der Waals surface area contributed by atoms with Crippen LogP contribution in [-0.4, -0.2) is 53.8 Å². The number of ether oxygens (including phenoxy) is 2. The minimum Gasteiger partial charge on any atom is -0.493 e. The fraction of sp³-hybridized carbons (Fsp3) is 0.276. The lowest BCUT2D eigenvalue weighted by Crippen LogP contribution is -2.57. The van der Waals surface area contributed by atoms with E-state index in [0.717, 1.165) is 22.3 Å².